The Morgan fingerprint density at radius 3 is 2.48 bits per heavy atom. The first kappa shape index (κ1) is 21.1. The van der Waals surface area contributed by atoms with Gasteiger partial charge >= 0.3 is 5.97 Å². The number of hydrogen-bond acceptors (Lipinski definition) is 3. The monoisotopic (exact) mass is 447 g/mol. The van der Waals surface area contributed by atoms with Crippen LogP contribution in [-0.2, 0) is 4.74 Å². The van der Waals surface area contributed by atoms with Gasteiger partial charge in [-0.25, -0.2) is 9.78 Å². The second kappa shape index (κ2) is 9.34. The number of carbonyl (C=O) groups is 1. The van der Waals surface area contributed by atoms with Gasteiger partial charge in [0.2, 0.25) is 0 Å². The van der Waals surface area contributed by atoms with Crippen LogP contribution in [0.4, 0.5) is 0 Å². The highest BCUT2D eigenvalue weighted by Crippen LogP contribution is 2.30. The summed E-state index contributed by atoms with van der Waals surface area (Å²) in [6.45, 7) is 0. The van der Waals surface area contributed by atoms with Crippen molar-refractivity contribution in [3.63, 3.8) is 0 Å². The lowest BCUT2D eigenvalue weighted by atomic mass is 10.0. The molecule has 0 spiro atoms. The van der Waals surface area contributed by atoms with E-state index in [1.807, 2.05) is 72.8 Å². The molecule has 4 aromatic rings. The SMILES string of the molecule is COC(=O)c1cccc(C(Cl)c2cccc(/C=C/c3ccc4ccc(Cl)cc4n3)c2)c1. The van der Waals surface area contributed by atoms with Crippen molar-refractivity contribution in [3.05, 3.63) is 112 Å². The Balaban J connectivity index is 1.58. The molecule has 0 radical (unpaired) electrons. The van der Waals surface area contributed by atoms with Crippen molar-refractivity contribution in [1.29, 1.82) is 0 Å². The molecule has 3 nitrogen and oxygen atoms in total. The van der Waals surface area contributed by atoms with E-state index in [0.29, 0.717) is 10.6 Å². The maximum atomic E-state index is 11.8. The third kappa shape index (κ3) is 4.96. The predicted molar refractivity (Wildman–Crippen MR) is 128 cm³/mol. The van der Waals surface area contributed by atoms with Gasteiger partial charge in [-0.05, 0) is 59.2 Å². The van der Waals surface area contributed by atoms with E-state index in [4.69, 9.17) is 27.9 Å². The van der Waals surface area contributed by atoms with Gasteiger partial charge in [0.25, 0.3) is 0 Å². The van der Waals surface area contributed by atoms with Gasteiger partial charge in [0.1, 0.15) is 0 Å². The molecular weight excluding hydrogens is 429 g/mol. The molecule has 0 saturated carbocycles. The first-order valence-electron chi connectivity index (χ1n) is 9.70. The lowest BCUT2D eigenvalue weighted by molar-refractivity contribution is 0.0600. The lowest BCUT2D eigenvalue weighted by Crippen LogP contribution is -2.03. The van der Waals surface area contributed by atoms with E-state index in [1.165, 1.54) is 7.11 Å². The predicted octanol–water partition coefficient (Wildman–Crippen LogP) is 7.17. The van der Waals surface area contributed by atoms with Crippen molar-refractivity contribution < 1.29 is 9.53 Å². The van der Waals surface area contributed by atoms with E-state index in [1.54, 1.807) is 18.2 Å². The van der Waals surface area contributed by atoms with Gasteiger partial charge < -0.3 is 4.74 Å². The molecule has 0 aliphatic heterocycles. The minimum Gasteiger partial charge on any atom is -0.465 e. The number of esters is 1. The number of aromatic nitrogens is 1. The van der Waals surface area contributed by atoms with Crippen LogP contribution in [0.5, 0.6) is 0 Å². The zero-order valence-electron chi connectivity index (χ0n) is 16.8. The molecule has 1 unspecified atom stereocenters. The average Bonchev–Trinajstić information content (AvgIpc) is 2.81. The first-order valence-corrected chi connectivity index (χ1v) is 10.5. The van der Waals surface area contributed by atoms with Crippen LogP contribution in [0.15, 0.2) is 78.9 Å². The second-order valence-electron chi connectivity index (χ2n) is 7.06. The summed E-state index contributed by atoms with van der Waals surface area (Å²) in [6.07, 6.45) is 3.96. The Kier molecular flexibility index (Phi) is 6.36. The fourth-order valence-electron chi connectivity index (χ4n) is 3.33. The Hall–Kier alpha value is -3.14. The van der Waals surface area contributed by atoms with Crippen LogP contribution < -0.4 is 0 Å². The number of hydrogen-bond donors (Lipinski definition) is 0. The molecule has 1 atom stereocenters. The normalized spacial score (nSPS) is 12.2. The third-order valence-electron chi connectivity index (χ3n) is 4.93. The number of alkyl halides is 1. The van der Waals surface area contributed by atoms with Crippen LogP contribution in [-0.4, -0.2) is 18.1 Å². The van der Waals surface area contributed by atoms with Gasteiger partial charge in [0.05, 0.1) is 29.3 Å². The third-order valence-corrected chi connectivity index (χ3v) is 5.66. The zero-order valence-corrected chi connectivity index (χ0v) is 18.3. The van der Waals surface area contributed by atoms with E-state index in [9.17, 15) is 4.79 Å². The highest BCUT2D eigenvalue weighted by Gasteiger charge is 2.14. The summed E-state index contributed by atoms with van der Waals surface area (Å²) >= 11 is 12.8. The van der Waals surface area contributed by atoms with E-state index >= 15 is 0 Å². The summed E-state index contributed by atoms with van der Waals surface area (Å²) in [7, 11) is 1.36. The quantitative estimate of drug-likeness (QED) is 0.240. The van der Waals surface area contributed by atoms with Crippen LogP contribution in [0.2, 0.25) is 5.02 Å². The molecule has 5 heteroatoms. The zero-order chi connectivity index (χ0) is 21.8. The summed E-state index contributed by atoms with van der Waals surface area (Å²) in [6, 6.07) is 24.8. The van der Waals surface area contributed by atoms with Gasteiger partial charge in [0, 0.05) is 10.4 Å². The summed E-state index contributed by atoms with van der Waals surface area (Å²) in [5.74, 6) is -0.383. The van der Waals surface area contributed by atoms with Crippen molar-refractivity contribution >= 4 is 52.2 Å². The van der Waals surface area contributed by atoms with Gasteiger partial charge in [-0.15, -0.1) is 11.6 Å². The second-order valence-corrected chi connectivity index (χ2v) is 7.93. The fraction of sp³-hybridized carbons (Fsp3) is 0.0769. The van der Waals surface area contributed by atoms with Crippen molar-refractivity contribution in [2.75, 3.05) is 7.11 Å². The topological polar surface area (TPSA) is 39.2 Å². The molecule has 1 aromatic heterocycles. The molecule has 0 N–H and O–H groups in total. The van der Waals surface area contributed by atoms with E-state index in [-0.39, 0.29) is 11.3 Å². The molecule has 0 saturated heterocycles. The molecule has 154 valence electrons. The van der Waals surface area contributed by atoms with Gasteiger partial charge in [-0.3, -0.25) is 0 Å². The van der Waals surface area contributed by atoms with Crippen molar-refractivity contribution in [2.45, 2.75) is 5.38 Å². The molecule has 3 aromatic carbocycles. The van der Waals surface area contributed by atoms with E-state index in [0.717, 1.165) is 33.3 Å². The van der Waals surface area contributed by atoms with Crippen LogP contribution in [0.1, 0.15) is 38.1 Å². The van der Waals surface area contributed by atoms with Gasteiger partial charge in [0.15, 0.2) is 0 Å². The first-order chi connectivity index (χ1) is 15.0. The van der Waals surface area contributed by atoms with Crippen molar-refractivity contribution in [1.82, 2.24) is 4.98 Å². The highest BCUT2D eigenvalue weighted by atomic mass is 35.5. The maximum Gasteiger partial charge on any atom is 0.337 e. The summed E-state index contributed by atoms with van der Waals surface area (Å²) < 4.78 is 4.80. The number of halogens is 2. The minimum absolute atomic E-state index is 0.383. The number of pyridine rings is 1. The molecule has 0 aliphatic rings. The molecular formula is C26H19Cl2NO2. The van der Waals surface area contributed by atoms with E-state index in [2.05, 4.69) is 4.98 Å². The number of benzene rings is 3. The molecule has 0 aliphatic carbocycles. The van der Waals surface area contributed by atoms with Gasteiger partial charge in [-0.1, -0.05) is 60.1 Å². The summed E-state index contributed by atoms with van der Waals surface area (Å²) in [5.41, 5.74) is 4.94. The van der Waals surface area contributed by atoms with Crippen molar-refractivity contribution in [2.24, 2.45) is 0 Å². The summed E-state index contributed by atoms with van der Waals surface area (Å²) in [4.78, 5) is 16.5. The average molecular weight is 448 g/mol. The smallest absolute Gasteiger partial charge is 0.337 e. The number of nitrogens with zero attached hydrogens (tertiary/aromatic N) is 1. The number of methoxy groups -OCH3 is 1. The maximum absolute atomic E-state index is 11.8. The number of ether oxygens (including phenoxy) is 1. The number of rotatable bonds is 5. The number of carbonyl (C=O) groups excluding carboxylic acids is 1. The van der Waals surface area contributed by atoms with Crippen LogP contribution in [0, 0.1) is 0 Å². The highest BCUT2D eigenvalue weighted by molar-refractivity contribution is 6.31. The Morgan fingerprint density at radius 2 is 1.68 bits per heavy atom. The van der Waals surface area contributed by atoms with Crippen LogP contribution >= 0.6 is 23.2 Å². The fourth-order valence-corrected chi connectivity index (χ4v) is 3.77. The van der Waals surface area contributed by atoms with E-state index < -0.39 is 0 Å². The minimum atomic E-state index is -0.390. The van der Waals surface area contributed by atoms with Crippen LogP contribution in [0.25, 0.3) is 23.1 Å². The van der Waals surface area contributed by atoms with Gasteiger partial charge in [-0.2, -0.15) is 0 Å². The van der Waals surface area contributed by atoms with Crippen molar-refractivity contribution in [3.8, 4) is 0 Å². The molecule has 0 amide bonds. The molecule has 1 heterocycles. The molecule has 0 fully saturated rings. The Morgan fingerprint density at radius 1 is 0.935 bits per heavy atom. The number of fused-ring (bicyclic) bond motifs is 1. The standard InChI is InChI=1S/C26H19Cl2NO2/c1-31-26(30)21-7-3-6-20(15-21)25(28)19-5-2-4-17(14-19)8-12-23-13-10-18-9-11-22(27)16-24(18)29-23/h2-16,25H,1H3/b12-8+. The molecule has 0 bridgehead atoms. The Labute approximate surface area is 190 Å². The molecule has 4 rings (SSSR count). The Bertz CT molecular complexity index is 1280. The summed E-state index contributed by atoms with van der Waals surface area (Å²) in [5, 5.41) is 1.32. The largest absolute Gasteiger partial charge is 0.465 e. The lowest BCUT2D eigenvalue weighted by Gasteiger charge is -2.12. The van der Waals surface area contributed by atoms with Crippen LogP contribution in [0.3, 0.4) is 0 Å². The molecule has 31 heavy (non-hydrogen) atoms.